The van der Waals surface area contributed by atoms with Gasteiger partial charge in [0, 0.05) is 4.90 Å². The van der Waals surface area contributed by atoms with Crippen LogP contribution in [0, 0.1) is 5.92 Å². The van der Waals surface area contributed by atoms with Crippen LogP contribution in [-0.2, 0) is 4.79 Å². The Kier molecular flexibility index (Phi) is 6.24. The lowest BCUT2D eigenvalue weighted by atomic mass is 9.99. The van der Waals surface area contributed by atoms with Crippen LogP contribution < -0.4 is 5.32 Å². The summed E-state index contributed by atoms with van der Waals surface area (Å²) in [6.45, 7) is 3.70. The van der Waals surface area contributed by atoms with Crippen molar-refractivity contribution in [2.75, 3.05) is 0 Å². The van der Waals surface area contributed by atoms with Crippen molar-refractivity contribution in [1.82, 2.24) is 5.32 Å². The Balaban J connectivity index is 2.91. The van der Waals surface area contributed by atoms with E-state index in [9.17, 15) is 9.59 Å². The number of nitrogens with one attached hydrogen (secondary N) is 1. The molecule has 1 rings (SSSR count). The number of amides is 1. The zero-order valence-electron chi connectivity index (χ0n) is 10.8. The van der Waals surface area contributed by atoms with Crippen LogP contribution in [0.5, 0.6) is 0 Å². The van der Waals surface area contributed by atoms with Crippen molar-refractivity contribution < 1.29 is 14.7 Å². The van der Waals surface area contributed by atoms with Gasteiger partial charge in [-0.3, -0.25) is 4.79 Å². The molecule has 2 atom stereocenters. The number of carboxylic acid groups (broad SMARTS) is 1. The van der Waals surface area contributed by atoms with E-state index in [4.69, 9.17) is 5.11 Å². The van der Waals surface area contributed by atoms with Gasteiger partial charge in [0.25, 0.3) is 5.91 Å². The summed E-state index contributed by atoms with van der Waals surface area (Å²) in [5.74, 6) is -1.53. The summed E-state index contributed by atoms with van der Waals surface area (Å²) in [7, 11) is 1.16. The zero-order valence-corrected chi connectivity index (χ0v) is 12.5. The van der Waals surface area contributed by atoms with Gasteiger partial charge in [0.15, 0.2) is 0 Å². The molecular formula is C13H17NO3S2. The topological polar surface area (TPSA) is 66.4 Å². The first-order chi connectivity index (χ1) is 9.01. The first kappa shape index (κ1) is 15.9. The van der Waals surface area contributed by atoms with Crippen molar-refractivity contribution >= 4 is 34.3 Å². The summed E-state index contributed by atoms with van der Waals surface area (Å²) in [6, 6.07) is 6.09. The molecule has 0 fully saturated rings. The molecule has 0 saturated carbocycles. The minimum atomic E-state index is -1.02. The summed E-state index contributed by atoms with van der Waals surface area (Å²) < 4.78 is 0. The Labute approximate surface area is 121 Å². The van der Waals surface area contributed by atoms with E-state index >= 15 is 0 Å². The second-order valence-corrected chi connectivity index (χ2v) is 5.43. The van der Waals surface area contributed by atoms with Gasteiger partial charge in [0.2, 0.25) is 0 Å². The van der Waals surface area contributed by atoms with Crippen LogP contribution in [0.25, 0.3) is 0 Å². The highest BCUT2D eigenvalue weighted by Crippen LogP contribution is 2.25. The second kappa shape index (κ2) is 7.45. The third-order valence-electron chi connectivity index (χ3n) is 3.00. The third kappa shape index (κ3) is 4.18. The maximum Gasteiger partial charge on any atom is 0.326 e. The quantitative estimate of drug-likeness (QED) is 0.558. The highest BCUT2D eigenvalue weighted by molar-refractivity contribution is 8.68. The van der Waals surface area contributed by atoms with E-state index in [2.05, 4.69) is 17.0 Å². The standard InChI is InChI=1S/C13H17NO3S2/c1-3-8(2)11(13(16)17)14-12(15)9-6-4-5-7-10(9)19-18/h4-8,11,18H,3H2,1-2H3,(H,14,15)(H,16,17). The second-order valence-electron chi connectivity index (χ2n) is 4.26. The van der Waals surface area contributed by atoms with Gasteiger partial charge in [0.05, 0.1) is 5.56 Å². The smallest absolute Gasteiger partial charge is 0.326 e. The number of hydrogen-bond donors (Lipinski definition) is 3. The molecule has 1 aromatic carbocycles. The fraction of sp³-hybridized carbons (Fsp3) is 0.385. The Morgan fingerprint density at radius 1 is 1.42 bits per heavy atom. The van der Waals surface area contributed by atoms with Crippen LogP contribution >= 0.6 is 22.5 Å². The van der Waals surface area contributed by atoms with Gasteiger partial charge in [-0.25, -0.2) is 4.79 Å². The van der Waals surface area contributed by atoms with Gasteiger partial charge < -0.3 is 10.4 Å². The molecule has 104 valence electrons. The summed E-state index contributed by atoms with van der Waals surface area (Å²) >= 11 is 4.08. The average molecular weight is 299 g/mol. The predicted molar refractivity (Wildman–Crippen MR) is 79.6 cm³/mol. The first-order valence-electron chi connectivity index (χ1n) is 5.95. The number of carbonyl (C=O) groups is 2. The van der Waals surface area contributed by atoms with Crippen LogP contribution in [0.2, 0.25) is 0 Å². The molecule has 4 nitrogen and oxygen atoms in total. The lowest BCUT2D eigenvalue weighted by Crippen LogP contribution is -2.45. The van der Waals surface area contributed by atoms with Crippen LogP contribution in [0.15, 0.2) is 29.2 Å². The Bertz CT molecular complexity index is 465. The number of thiol groups is 1. The molecule has 2 N–H and O–H groups in total. The molecule has 2 unspecified atom stereocenters. The molecule has 1 amide bonds. The Morgan fingerprint density at radius 3 is 2.58 bits per heavy atom. The lowest BCUT2D eigenvalue weighted by Gasteiger charge is -2.20. The van der Waals surface area contributed by atoms with Crippen molar-refractivity contribution in [3.05, 3.63) is 29.8 Å². The molecule has 0 saturated heterocycles. The first-order valence-corrected chi connectivity index (χ1v) is 7.82. The molecule has 19 heavy (non-hydrogen) atoms. The van der Waals surface area contributed by atoms with E-state index < -0.39 is 12.0 Å². The minimum Gasteiger partial charge on any atom is -0.480 e. The van der Waals surface area contributed by atoms with E-state index in [0.29, 0.717) is 16.9 Å². The van der Waals surface area contributed by atoms with Gasteiger partial charge in [0.1, 0.15) is 6.04 Å². The van der Waals surface area contributed by atoms with E-state index in [1.165, 1.54) is 0 Å². The SMILES string of the molecule is CCC(C)C(NC(=O)c1ccccc1SS)C(=O)O. The molecule has 0 aliphatic rings. The van der Waals surface area contributed by atoms with Gasteiger partial charge >= 0.3 is 5.97 Å². The molecule has 0 aromatic heterocycles. The van der Waals surface area contributed by atoms with E-state index in [1.54, 1.807) is 31.2 Å². The summed E-state index contributed by atoms with van der Waals surface area (Å²) in [5.41, 5.74) is 0.442. The predicted octanol–water partition coefficient (Wildman–Crippen LogP) is 2.85. The summed E-state index contributed by atoms with van der Waals surface area (Å²) in [5, 5.41) is 11.7. The average Bonchev–Trinajstić information content (AvgIpc) is 2.43. The van der Waals surface area contributed by atoms with Gasteiger partial charge in [-0.2, -0.15) is 0 Å². The van der Waals surface area contributed by atoms with Crippen molar-refractivity contribution in [3.8, 4) is 0 Å². The fourth-order valence-electron chi connectivity index (χ4n) is 1.64. The van der Waals surface area contributed by atoms with Crippen molar-refractivity contribution in [2.45, 2.75) is 31.2 Å². The Morgan fingerprint density at radius 2 is 2.05 bits per heavy atom. The van der Waals surface area contributed by atoms with Gasteiger partial charge in [-0.1, -0.05) is 43.2 Å². The van der Waals surface area contributed by atoms with Crippen LogP contribution in [0.4, 0.5) is 0 Å². The van der Waals surface area contributed by atoms with E-state index in [0.717, 1.165) is 10.8 Å². The van der Waals surface area contributed by atoms with Gasteiger partial charge in [-0.05, 0) is 18.1 Å². The van der Waals surface area contributed by atoms with Crippen molar-refractivity contribution in [3.63, 3.8) is 0 Å². The molecule has 0 radical (unpaired) electrons. The third-order valence-corrected chi connectivity index (χ3v) is 4.14. The zero-order chi connectivity index (χ0) is 14.4. The normalized spacial score (nSPS) is 13.6. The maximum atomic E-state index is 12.1. The summed E-state index contributed by atoms with van der Waals surface area (Å²) in [4.78, 5) is 24.0. The molecule has 0 spiro atoms. The Hall–Kier alpha value is -1.14. The number of benzene rings is 1. The number of hydrogen-bond acceptors (Lipinski definition) is 4. The highest BCUT2D eigenvalue weighted by atomic mass is 33.1. The number of carboxylic acids is 1. The van der Waals surface area contributed by atoms with Crippen LogP contribution in [0.1, 0.15) is 30.6 Å². The molecule has 6 heteroatoms. The maximum absolute atomic E-state index is 12.1. The monoisotopic (exact) mass is 299 g/mol. The largest absolute Gasteiger partial charge is 0.480 e. The van der Waals surface area contributed by atoms with Crippen molar-refractivity contribution in [1.29, 1.82) is 0 Å². The molecular weight excluding hydrogens is 282 g/mol. The van der Waals surface area contributed by atoms with Crippen LogP contribution in [-0.4, -0.2) is 23.0 Å². The molecule has 0 bridgehead atoms. The molecule has 1 aromatic rings. The highest BCUT2D eigenvalue weighted by Gasteiger charge is 2.26. The van der Waals surface area contributed by atoms with Crippen molar-refractivity contribution in [2.24, 2.45) is 5.92 Å². The van der Waals surface area contributed by atoms with Gasteiger partial charge in [-0.15, -0.1) is 11.7 Å². The van der Waals surface area contributed by atoms with Crippen LogP contribution in [0.3, 0.4) is 0 Å². The molecule has 0 heterocycles. The summed E-state index contributed by atoms with van der Waals surface area (Å²) in [6.07, 6.45) is 0.681. The lowest BCUT2D eigenvalue weighted by molar-refractivity contribution is -0.140. The minimum absolute atomic E-state index is 0.128. The van der Waals surface area contributed by atoms with E-state index in [1.807, 2.05) is 6.92 Å². The fourth-order valence-corrected chi connectivity index (χ4v) is 2.51. The number of aliphatic carboxylic acids is 1. The molecule has 0 aliphatic heterocycles. The molecule has 0 aliphatic carbocycles. The number of rotatable bonds is 6. The number of carbonyl (C=O) groups excluding carboxylic acids is 1. The van der Waals surface area contributed by atoms with E-state index in [-0.39, 0.29) is 11.8 Å².